The standard InChI is InChI=1S/C19H25N3O3S/c1-19(2,3)22-26(24,25)17-7-5-4-6-16(17)13-21-18(23)15-10-8-14(12-20)9-11-15/h4-11,22H,12-13,20H2,1-3H3,(H,21,23). The first-order valence-electron chi connectivity index (χ1n) is 8.31. The number of nitrogens with one attached hydrogen (secondary N) is 2. The number of carbonyl (C=O) groups is 1. The van der Waals surface area contributed by atoms with Crippen LogP contribution in [-0.2, 0) is 23.1 Å². The van der Waals surface area contributed by atoms with Gasteiger partial charge in [-0.05, 0) is 50.1 Å². The number of benzene rings is 2. The average Bonchev–Trinajstić information content (AvgIpc) is 2.58. The van der Waals surface area contributed by atoms with Gasteiger partial charge in [0.15, 0.2) is 0 Å². The Kier molecular flexibility index (Phi) is 6.17. The van der Waals surface area contributed by atoms with Gasteiger partial charge in [0.05, 0.1) is 4.90 Å². The lowest BCUT2D eigenvalue weighted by Crippen LogP contribution is -2.41. The number of sulfonamides is 1. The Hall–Kier alpha value is -2.22. The first-order chi connectivity index (χ1) is 12.1. The van der Waals surface area contributed by atoms with Gasteiger partial charge in [0, 0.05) is 24.2 Å². The Labute approximate surface area is 154 Å². The zero-order valence-corrected chi connectivity index (χ0v) is 16.1. The fraction of sp³-hybridized carbons (Fsp3) is 0.316. The van der Waals surface area contributed by atoms with E-state index in [-0.39, 0.29) is 17.3 Å². The predicted octanol–water partition coefficient (Wildman–Crippen LogP) is 2.15. The second-order valence-electron chi connectivity index (χ2n) is 7.05. The normalized spacial score (nSPS) is 12.0. The Morgan fingerprint density at radius 1 is 1.04 bits per heavy atom. The van der Waals surface area contributed by atoms with Crippen LogP contribution in [0.3, 0.4) is 0 Å². The van der Waals surface area contributed by atoms with Crippen LogP contribution in [0.15, 0.2) is 53.4 Å². The summed E-state index contributed by atoms with van der Waals surface area (Å²) in [5, 5.41) is 2.77. The van der Waals surface area contributed by atoms with E-state index in [4.69, 9.17) is 5.73 Å². The van der Waals surface area contributed by atoms with E-state index in [2.05, 4.69) is 10.0 Å². The molecule has 0 saturated carbocycles. The Morgan fingerprint density at radius 3 is 2.23 bits per heavy atom. The van der Waals surface area contributed by atoms with Crippen molar-refractivity contribution in [3.05, 3.63) is 65.2 Å². The van der Waals surface area contributed by atoms with Gasteiger partial charge in [-0.2, -0.15) is 0 Å². The summed E-state index contributed by atoms with van der Waals surface area (Å²) in [7, 11) is -3.69. The third kappa shape index (κ3) is 5.39. The highest BCUT2D eigenvalue weighted by Gasteiger charge is 2.24. The molecular weight excluding hydrogens is 350 g/mol. The van der Waals surface area contributed by atoms with E-state index in [0.717, 1.165) is 5.56 Å². The summed E-state index contributed by atoms with van der Waals surface area (Å²) in [5.41, 5.74) is 6.91. The van der Waals surface area contributed by atoms with Gasteiger partial charge in [0.25, 0.3) is 5.91 Å². The SMILES string of the molecule is CC(C)(C)NS(=O)(=O)c1ccccc1CNC(=O)c1ccc(CN)cc1. The summed E-state index contributed by atoms with van der Waals surface area (Å²) in [6.45, 7) is 5.85. The van der Waals surface area contributed by atoms with E-state index < -0.39 is 15.6 Å². The van der Waals surface area contributed by atoms with Crippen LogP contribution in [0, 0.1) is 0 Å². The van der Waals surface area contributed by atoms with Crippen LogP contribution in [0.25, 0.3) is 0 Å². The number of amides is 1. The highest BCUT2D eigenvalue weighted by atomic mass is 32.2. The van der Waals surface area contributed by atoms with Crippen LogP contribution in [0.5, 0.6) is 0 Å². The molecule has 6 nitrogen and oxygen atoms in total. The average molecular weight is 375 g/mol. The maximum absolute atomic E-state index is 12.6. The van der Waals surface area contributed by atoms with Gasteiger partial charge >= 0.3 is 0 Å². The molecule has 26 heavy (non-hydrogen) atoms. The molecule has 0 aromatic heterocycles. The number of hydrogen-bond acceptors (Lipinski definition) is 4. The molecule has 2 aromatic carbocycles. The number of hydrogen-bond donors (Lipinski definition) is 3. The van der Waals surface area contributed by atoms with Crippen molar-refractivity contribution < 1.29 is 13.2 Å². The molecule has 0 radical (unpaired) electrons. The molecule has 140 valence electrons. The number of carbonyl (C=O) groups excluding carboxylic acids is 1. The zero-order chi connectivity index (χ0) is 19.4. The summed E-state index contributed by atoms with van der Waals surface area (Å²) in [4.78, 5) is 12.5. The van der Waals surface area contributed by atoms with Crippen LogP contribution in [-0.4, -0.2) is 19.9 Å². The molecule has 0 heterocycles. The summed E-state index contributed by atoms with van der Waals surface area (Å²) in [6, 6.07) is 13.6. The first kappa shape index (κ1) is 20.1. The number of nitrogens with two attached hydrogens (primary N) is 1. The third-order valence-corrected chi connectivity index (χ3v) is 5.45. The minimum absolute atomic E-state index is 0.110. The highest BCUT2D eigenvalue weighted by molar-refractivity contribution is 7.89. The lowest BCUT2D eigenvalue weighted by molar-refractivity contribution is 0.0950. The summed E-state index contributed by atoms with van der Waals surface area (Å²) >= 11 is 0. The Bertz CT molecular complexity index is 870. The minimum Gasteiger partial charge on any atom is -0.348 e. The smallest absolute Gasteiger partial charge is 0.251 e. The van der Waals surface area contributed by atoms with Crippen LogP contribution < -0.4 is 15.8 Å². The molecule has 1 amide bonds. The van der Waals surface area contributed by atoms with Gasteiger partial charge < -0.3 is 11.1 Å². The fourth-order valence-electron chi connectivity index (χ4n) is 2.44. The van der Waals surface area contributed by atoms with Gasteiger partial charge in [0.1, 0.15) is 0 Å². The van der Waals surface area contributed by atoms with Crippen LogP contribution in [0.2, 0.25) is 0 Å². The molecule has 0 spiro atoms. The van der Waals surface area contributed by atoms with E-state index in [1.807, 2.05) is 0 Å². The van der Waals surface area contributed by atoms with Gasteiger partial charge in [-0.15, -0.1) is 0 Å². The van der Waals surface area contributed by atoms with Gasteiger partial charge in [-0.25, -0.2) is 13.1 Å². The van der Waals surface area contributed by atoms with E-state index in [9.17, 15) is 13.2 Å². The zero-order valence-electron chi connectivity index (χ0n) is 15.2. The second-order valence-corrected chi connectivity index (χ2v) is 8.70. The molecule has 0 aliphatic heterocycles. The topological polar surface area (TPSA) is 101 Å². The lowest BCUT2D eigenvalue weighted by Gasteiger charge is -2.21. The maximum Gasteiger partial charge on any atom is 0.251 e. The molecule has 0 bridgehead atoms. The van der Waals surface area contributed by atoms with E-state index in [1.54, 1.807) is 63.2 Å². The molecule has 0 saturated heterocycles. The summed E-state index contributed by atoms with van der Waals surface area (Å²) in [5.74, 6) is -0.274. The fourth-order valence-corrected chi connectivity index (χ4v) is 4.10. The molecule has 4 N–H and O–H groups in total. The molecule has 0 fully saturated rings. The maximum atomic E-state index is 12.6. The van der Waals surface area contributed by atoms with Crippen molar-refractivity contribution >= 4 is 15.9 Å². The molecule has 2 rings (SSSR count). The molecule has 0 aliphatic rings. The van der Waals surface area contributed by atoms with Gasteiger partial charge in [0.2, 0.25) is 10.0 Å². The van der Waals surface area contributed by atoms with Gasteiger partial charge in [-0.1, -0.05) is 30.3 Å². The van der Waals surface area contributed by atoms with Crippen molar-refractivity contribution in [2.24, 2.45) is 5.73 Å². The Balaban J connectivity index is 2.16. The lowest BCUT2D eigenvalue weighted by atomic mass is 10.1. The molecule has 0 unspecified atom stereocenters. The van der Waals surface area contributed by atoms with Crippen LogP contribution in [0.1, 0.15) is 42.3 Å². The van der Waals surface area contributed by atoms with E-state index >= 15 is 0 Å². The Morgan fingerprint density at radius 2 is 1.65 bits per heavy atom. The number of rotatable bonds is 6. The van der Waals surface area contributed by atoms with Crippen molar-refractivity contribution in [2.45, 2.75) is 44.3 Å². The largest absolute Gasteiger partial charge is 0.348 e. The summed E-state index contributed by atoms with van der Waals surface area (Å²) in [6.07, 6.45) is 0. The third-order valence-electron chi connectivity index (χ3n) is 3.59. The van der Waals surface area contributed by atoms with Crippen molar-refractivity contribution in [1.29, 1.82) is 0 Å². The van der Waals surface area contributed by atoms with Crippen molar-refractivity contribution in [3.8, 4) is 0 Å². The van der Waals surface area contributed by atoms with Gasteiger partial charge in [-0.3, -0.25) is 4.79 Å². The molecule has 0 aliphatic carbocycles. The molecule has 2 aromatic rings. The van der Waals surface area contributed by atoms with Crippen LogP contribution >= 0.6 is 0 Å². The van der Waals surface area contributed by atoms with Crippen molar-refractivity contribution in [1.82, 2.24) is 10.0 Å². The minimum atomic E-state index is -3.69. The molecular formula is C19H25N3O3S. The monoisotopic (exact) mass is 375 g/mol. The predicted molar refractivity (Wildman–Crippen MR) is 102 cm³/mol. The van der Waals surface area contributed by atoms with Crippen molar-refractivity contribution in [2.75, 3.05) is 0 Å². The highest BCUT2D eigenvalue weighted by Crippen LogP contribution is 2.18. The second kappa shape index (κ2) is 7.99. The molecule has 0 atom stereocenters. The molecule has 7 heteroatoms. The van der Waals surface area contributed by atoms with E-state index in [0.29, 0.717) is 17.7 Å². The first-order valence-corrected chi connectivity index (χ1v) is 9.80. The van der Waals surface area contributed by atoms with E-state index in [1.165, 1.54) is 6.07 Å². The van der Waals surface area contributed by atoms with Crippen LogP contribution in [0.4, 0.5) is 0 Å². The summed E-state index contributed by atoms with van der Waals surface area (Å²) < 4.78 is 27.9. The van der Waals surface area contributed by atoms with Crippen molar-refractivity contribution in [3.63, 3.8) is 0 Å². The quantitative estimate of drug-likeness (QED) is 0.720.